The Morgan fingerprint density at radius 2 is 1.80 bits per heavy atom. The molecule has 3 aromatic rings. The molecule has 2 heterocycles. The lowest BCUT2D eigenvalue weighted by molar-refractivity contribution is 0.0713. The smallest absolute Gasteiger partial charge is 0.319 e. The van der Waals surface area contributed by atoms with Crippen LogP contribution in [-0.2, 0) is 6.54 Å². The highest BCUT2D eigenvalue weighted by Crippen LogP contribution is 2.29. The summed E-state index contributed by atoms with van der Waals surface area (Å²) in [5, 5.41) is 14.7. The molecule has 4 rings (SSSR count). The largest absolute Gasteiger partial charge is 0.339 e. The van der Waals surface area contributed by atoms with Gasteiger partial charge in [-0.1, -0.05) is 24.3 Å². The fourth-order valence-corrected chi connectivity index (χ4v) is 4.35. The van der Waals surface area contributed by atoms with Crippen LogP contribution in [0, 0.1) is 25.2 Å². The molecule has 1 fully saturated rings. The zero-order valence-electron chi connectivity index (χ0n) is 20.0. The number of nitrogens with one attached hydrogen (secondary N) is 2. The average Bonchev–Trinajstić information content (AvgIpc) is 2.88. The summed E-state index contributed by atoms with van der Waals surface area (Å²) in [6.45, 7) is 5.47. The summed E-state index contributed by atoms with van der Waals surface area (Å²) in [4.78, 5) is 31.9. The number of benzene rings is 2. The molecule has 35 heavy (non-hydrogen) atoms. The van der Waals surface area contributed by atoms with Crippen LogP contribution in [0.1, 0.15) is 57.2 Å². The number of pyridine rings is 1. The van der Waals surface area contributed by atoms with Gasteiger partial charge in [0.25, 0.3) is 5.91 Å². The lowest BCUT2D eigenvalue weighted by atomic mass is 9.89. The second-order valence-corrected chi connectivity index (χ2v) is 8.91. The minimum Gasteiger partial charge on any atom is -0.339 e. The number of carbonyl (C=O) groups excluding carboxylic acids is 2. The molecule has 1 aromatic heterocycles. The maximum absolute atomic E-state index is 13.2. The Balaban J connectivity index is 1.34. The Morgan fingerprint density at radius 1 is 1.06 bits per heavy atom. The van der Waals surface area contributed by atoms with Crippen molar-refractivity contribution in [3.05, 3.63) is 94.3 Å². The van der Waals surface area contributed by atoms with Crippen molar-refractivity contribution >= 4 is 17.6 Å². The summed E-state index contributed by atoms with van der Waals surface area (Å²) in [7, 11) is 0. The van der Waals surface area contributed by atoms with Gasteiger partial charge in [-0.3, -0.25) is 9.78 Å². The van der Waals surface area contributed by atoms with Crippen LogP contribution in [-0.4, -0.2) is 34.9 Å². The lowest BCUT2D eigenvalue weighted by Crippen LogP contribution is -2.38. The van der Waals surface area contributed by atoms with E-state index in [1.165, 1.54) is 5.56 Å². The molecule has 0 radical (unpaired) electrons. The Bertz CT molecular complexity index is 1260. The van der Waals surface area contributed by atoms with Crippen molar-refractivity contribution in [2.45, 2.75) is 39.2 Å². The molecule has 7 heteroatoms. The highest BCUT2D eigenvalue weighted by molar-refractivity contribution is 5.97. The quantitative estimate of drug-likeness (QED) is 0.557. The van der Waals surface area contributed by atoms with Crippen molar-refractivity contribution < 1.29 is 9.59 Å². The van der Waals surface area contributed by atoms with E-state index in [-0.39, 0.29) is 11.9 Å². The van der Waals surface area contributed by atoms with Crippen molar-refractivity contribution in [3.8, 4) is 6.07 Å². The molecule has 0 unspecified atom stereocenters. The third-order valence-electron chi connectivity index (χ3n) is 6.40. The first-order chi connectivity index (χ1) is 16.9. The first kappa shape index (κ1) is 24.0. The molecule has 2 aromatic carbocycles. The number of nitrogens with zero attached hydrogens (tertiary/aromatic N) is 3. The number of aromatic nitrogens is 1. The third kappa shape index (κ3) is 6.04. The number of hydrogen-bond donors (Lipinski definition) is 2. The van der Waals surface area contributed by atoms with Gasteiger partial charge in [0.2, 0.25) is 0 Å². The number of aryl methyl sites for hydroxylation is 2. The van der Waals surface area contributed by atoms with E-state index in [0.29, 0.717) is 42.4 Å². The van der Waals surface area contributed by atoms with Gasteiger partial charge in [0.05, 0.1) is 23.9 Å². The van der Waals surface area contributed by atoms with Crippen LogP contribution < -0.4 is 10.6 Å². The Morgan fingerprint density at radius 3 is 2.49 bits per heavy atom. The molecule has 0 bridgehead atoms. The van der Waals surface area contributed by atoms with Crippen LogP contribution in [0.2, 0.25) is 0 Å². The Labute approximate surface area is 205 Å². The van der Waals surface area contributed by atoms with Gasteiger partial charge < -0.3 is 15.5 Å². The number of piperidine rings is 1. The molecule has 7 nitrogen and oxygen atoms in total. The molecule has 3 amide bonds. The topological polar surface area (TPSA) is 98.1 Å². The zero-order valence-corrected chi connectivity index (χ0v) is 20.0. The number of hydrogen-bond acceptors (Lipinski definition) is 4. The predicted octanol–water partition coefficient (Wildman–Crippen LogP) is 4.91. The SMILES string of the molecule is Cc1cccc(CNC(=O)Nc2cc(C(=O)N3CCC(c4ccc(C#N)cc4)CC3)ccc2C)n1. The van der Waals surface area contributed by atoms with Crippen molar-refractivity contribution in [3.63, 3.8) is 0 Å². The number of anilines is 1. The van der Waals surface area contributed by atoms with Gasteiger partial charge in [0, 0.05) is 30.0 Å². The van der Waals surface area contributed by atoms with Gasteiger partial charge in [-0.25, -0.2) is 4.79 Å². The highest BCUT2D eigenvalue weighted by Gasteiger charge is 2.25. The lowest BCUT2D eigenvalue weighted by Gasteiger charge is -2.32. The molecule has 1 aliphatic rings. The van der Waals surface area contributed by atoms with Gasteiger partial charge in [0.15, 0.2) is 0 Å². The highest BCUT2D eigenvalue weighted by atomic mass is 16.2. The fraction of sp³-hybridized carbons (Fsp3) is 0.286. The van der Waals surface area contributed by atoms with Crippen molar-refractivity contribution in [1.82, 2.24) is 15.2 Å². The summed E-state index contributed by atoms with van der Waals surface area (Å²) in [6.07, 6.45) is 1.76. The molecule has 0 atom stereocenters. The predicted molar refractivity (Wildman–Crippen MR) is 135 cm³/mol. The van der Waals surface area contributed by atoms with E-state index in [9.17, 15) is 9.59 Å². The van der Waals surface area contributed by atoms with Crippen LogP contribution in [0.3, 0.4) is 0 Å². The van der Waals surface area contributed by atoms with Crippen LogP contribution >= 0.6 is 0 Å². The van der Waals surface area contributed by atoms with Gasteiger partial charge in [-0.15, -0.1) is 0 Å². The Kier molecular flexibility index (Phi) is 7.41. The van der Waals surface area contributed by atoms with Crippen molar-refractivity contribution in [2.24, 2.45) is 0 Å². The number of amides is 3. The minimum absolute atomic E-state index is 0.0318. The summed E-state index contributed by atoms with van der Waals surface area (Å²) >= 11 is 0. The van der Waals surface area contributed by atoms with E-state index in [2.05, 4.69) is 21.7 Å². The maximum Gasteiger partial charge on any atom is 0.319 e. The molecule has 0 aliphatic carbocycles. The van der Waals surface area contributed by atoms with Crippen molar-refractivity contribution in [2.75, 3.05) is 18.4 Å². The van der Waals surface area contributed by atoms with E-state index < -0.39 is 0 Å². The molecular formula is C28H29N5O2. The van der Waals surface area contributed by atoms with Gasteiger partial charge in [-0.05, 0) is 80.1 Å². The monoisotopic (exact) mass is 467 g/mol. The normalized spacial score (nSPS) is 13.7. The summed E-state index contributed by atoms with van der Waals surface area (Å²) in [6, 6.07) is 20.6. The number of urea groups is 1. The minimum atomic E-state index is -0.343. The molecular weight excluding hydrogens is 438 g/mol. The van der Waals surface area contributed by atoms with E-state index in [4.69, 9.17) is 5.26 Å². The third-order valence-corrected chi connectivity index (χ3v) is 6.40. The molecule has 1 saturated heterocycles. The molecule has 178 valence electrons. The Hall–Kier alpha value is -4.18. The summed E-state index contributed by atoms with van der Waals surface area (Å²) in [5.74, 6) is 0.351. The van der Waals surface area contributed by atoms with E-state index in [1.54, 1.807) is 6.07 Å². The molecule has 0 saturated carbocycles. The standard InChI is InChI=1S/C28H29N5O2/c1-19-6-9-24(16-26(19)32-28(35)30-18-25-5-3-4-20(2)31-25)27(34)33-14-12-23(13-15-33)22-10-7-21(17-29)8-11-22/h3-11,16,23H,12-15,18H2,1-2H3,(H2,30,32,35). The van der Waals surface area contributed by atoms with Crippen LogP contribution in [0.15, 0.2) is 60.7 Å². The summed E-state index contributed by atoms with van der Waals surface area (Å²) in [5.41, 5.74) is 5.60. The van der Waals surface area contributed by atoms with Crippen LogP contribution in [0.4, 0.5) is 10.5 Å². The number of rotatable bonds is 5. The van der Waals surface area contributed by atoms with E-state index in [1.807, 2.05) is 73.3 Å². The van der Waals surface area contributed by atoms with E-state index in [0.717, 1.165) is 29.8 Å². The van der Waals surface area contributed by atoms with Gasteiger partial charge in [-0.2, -0.15) is 5.26 Å². The number of carbonyl (C=O) groups is 2. The summed E-state index contributed by atoms with van der Waals surface area (Å²) < 4.78 is 0. The second kappa shape index (κ2) is 10.8. The molecule has 2 N–H and O–H groups in total. The average molecular weight is 468 g/mol. The first-order valence-corrected chi connectivity index (χ1v) is 11.8. The molecule has 0 spiro atoms. The maximum atomic E-state index is 13.2. The van der Waals surface area contributed by atoms with Gasteiger partial charge in [0.1, 0.15) is 0 Å². The first-order valence-electron chi connectivity index (χ1n) is 11.8. The fourth-order valence-electron chi connectivity index (χ4n) is 4.35. The van der Waals surface area contributed by atoms with Crippen LogP contribution in [0.5, 0.6) is 0 Å². The zero-order chi connectivity index (χ0) is 24.8. The van der Waals surface area contributed by atoms with Gasteiger partial charge >= 0.3 is 6.03 Å². The van der Waals surface area contributed by atoms with E-state index >= 15 is 0 Å². The molecule has 1 aliphatic heterocycles. The second-order valence-electron chi connectivity index (χ2n) is 8.91. The number of likely N-dealkylation sites (tertiary alicyclic amines) is 1. The van der Waals surface area contributed by atoms with Crippen molar-refractivity contribution in [1.29, 1.82) is 5.26 Å². The number of nitriles is 1. The van der Waals surface area contributed by atoms with Crippen LogP contribution in [0.25, 0.3) is 0 Å².